The number of hydrogen-bond donors (Lipinski definition) is 5. The van der Waals surface area contributed by atoms with Gasteiger partial charge in [0, 0.05) is 18.0 Å². The summed E-state index contributed by atoms with van der Waals surface area (Å²) >= 11 is 5.76. The number of carbonyl (C=O) groups is 2. The minimum atomic E-state index is -4.74. The second kappa shape index (κ2) is 10.4. The molecule has 0 bridgehead atoms. The summed E-state index contributed by atoms with van der Waals surface area (Å²) in [6.45, 7) is 0.400. The summed E-state index contributed by atoms with van der Waals surface area (Å²) in [4.78, 5) is 23.3. The molecule has 11 heteroatoms. The van der Waals surface area contributed by atoms with Crippen LogP contribution in [0.2, 0.25) is 5.02 Å². The van der Waals surface area contributed by atoms with E-state index >= 15 is 0 Å². The van der Waals surface area contributed by atoms with Gasteiger partial charge in [0.1, 0.15) is 4.90 Å². The van der Waals surface area contributed by atoms with E-state index in [1.807, 2.05) is 30.3 Å². The van der Waals surface area contributed by atoms with Crippen molar-refractivity contribution in [1.82, 2.24) is 5.32 Å². The highest BCUT2D eigenvalue weighted by Crippen LogP contribution is 2.34. The van der Waals surface area contributed by atoms with E-state index in [1.54, 1.807) is 0 Å². The summed E-state index contributed by atoms with van der Waals surface area (Å²) in [5.41, 5.74) is 6.57. The van der Waals surface area contributed by atoms with Gasteiger partial charge in [-0.1, -0.05) is 41.9 Å². The van der Waals surface area contributed by atoms with E-state index in [-0.39, 0.29) is 23.6 Å². The Kier molecular flexibility index (Phi) is 8.18. The molecule has 0 heterocycles. The van der Waals surface area contributed by atoms with E-state index in [2.05, 4.69) is 10.6 Å². The third-order valence-electron chi connectivity index (χ3n) is 4.17. The fraction of sp³-hybridized carbons (Fsp3) is 0.263. The van der Waals surface area contributed by atoms with Gasteiger partial charge < -0.3 is 21.5 Å². The van der Waals surface area contributed by atoms with Crippen LogP contribution in [0.4, 0.5) is 5.69 Å². The average molecular weight is 456 g/mol. The molecule has 1 atom stereocenters. The Balaban J connectivity index is 1.85. The average Bonchev–Trinajstić information content (AvgIpc) is 2.68. The first-order valence-corrected chi connectivity index (χ1v) is 10.8. The highest BCUT2D eigenvalue weighted by atomic mass is 35.5. The predicted molar refractivity (Wildman–Crippen MR) is 112 cm³/mol. The molecule has 2 rings (SSSR count). The molecular formula is C19H22ClN3O6S. The molecule has 0 fully saturated rings. The van der Waals surface area contributed by atoms with Crippen LogP contribution in [0.15, 0.2) is 47.4 Å². The standard InChI is InChI=1S/C19H22ClN3O6S/c20-13-10-15(18(25)16(11-13)30(27,28)29)23-17(24)7-6-14(21)19(26)22-9-8-12-4-2-1-3-5-12/h1-5,10-11,14,25H,6-9,21H2,(H,22,26)(H,23,24)(H,27,28,29)/t14-/m0/s1. The van der Waals surface area contributed by atoms with Gasteiger partial charge in [0.25, 0.3) is 10.1 Å². The Labute approximate surface area is 179 Å². The number of phenols is 1. The van der Waals surface area contributed by atoms with E-state index in [9.17, 15) is 23.1 Å². The Morgan fingerprint density at radius 2 is 1.83 bits per heavy atom. The van der Waals surface area contributed by atoms with Crippen molar-refractivity contribution >= 4 is 39.2 Å². The van der Waals surface area contributed by atoms with Crippen LogP contribution in [0, 0.1) is 0 Å². The Morgan fingerprint density at radius 3 is 2.47 bits per heavy atom. The number of aromatic hydroxyl groups is 1. The highest BCUT2D eigenvalue weighted by molar-refractivity contribution is 7.86. The molecule has 2 amide bonds. The van der Waals surface area contributed by atoms with Crippen molar-refractivity contribution in [1.29, 1.82) is 0 Å². The number of hydrogen-bond acceptors (Lipinski definition) is 6. The lowest BCUT2D eigenvalue weighted by Gasteiger charge is -2.13. The van der Waals surface area contributed by atoms with Crippen molar-refractivity contribution in [3.63, 3.8) is 0 Å². The second-order valence-electron chi connectivity index (χ2n) is 6.50. The molecule has 0 aliphatic rings. The summed E-state index contributed by atoms with van der Waals surface area (Å²) in [6, 6.07) is 10.6. The molecule has 9 nitrogen and oxygen atoms in total. The van der Waals surface area contributed by atoms with Gasteiger partial charge in [0.05, 0.1) is 11.7 Å². The number of nitrogens with two attached hydrogens (primary N) is 1. The molecule has 30 heavy (non-hydrogen) atoms. The van der Waals surface area contributed by atoms with Crippen molar-refractivity contribution in [2.45, 2.75) is 30.2 Å². The summed E-state index contributed by atoms with van der Waals surface area (Å²) < 4.78 is 31.7. The molecule has 0 saturated heterocycles. The zero-order chi connectivity index (χ0) is 22.3. The maximum Gasteiger partial charge on any atom is 0.298 e. The number of benzene rings is 2. The fourth-order valence-corrected chi connectivity index (χ4v) is 3.52. The number of nitrogens with one attached hydrogen (secondary N) is 2. The topological polar surface area (TPSA) is 159 Å². The zero-order valence-corrected chi connectivity index (χ0v) is 17.4. The SMILES string of the molecule is N[C@@H](CCC(=O)Nc1cc(Cl)cc(S(=O)(=O)O)c1O)C(=O)NCCc1ccccc1. The van der Waals surface area contributed by atoms with Crippen LogP contribution in [0.25, 0.3) is 0 Å². The number of carbonyl (C=O) groups excluding carboxylic acids is 2. The normalized spacial score (nSPS) is 12.2. The van der Waals surface area contributed by atoms with Crippen LogP contribution in [-0.4, -0.2) is 42.5 Å². The second-order valence-corrected chi connectivity index (χ2v) is 8.32. The molecule has 2 aromatic carbocycles. The van der Waals surface area contributed by atoms with E-state index in [4.69, 9.17) is 21.9 Å². The smallest absolute Gasteiger partial charge is 0.298 e. The number of phenolic OH excluding ortho intramolecular Hbond substituents is 1. The Hall–Kier alpha value is -2.66. The third kappa shape index (κ3) is 6.99. The van der Waals surface area contributed by atoms with Gasteiger partial charge in [-0.2, -0.15) is 8.42 Å². The summed E-state index contributed by atoms with van der Waals surface area (Å²) in [6.07, 6.45) is 0.500. The molecule has 0 spiro atoms. The fourth-order valence-electron chi connectivity index (χ4n) is 2.60. The first kappa shape index (κ1) is 23.6. The number of halogens is 1. The van der Waals surface area contributed by atoms with Gasteiger partial charge in [0.2, 0.25) is 11.8 Å². The minimum absolute atomic E-state index is 0.0233. The van der Waals surface area contributed by atoms with Crippen LogP contribution >= 0.6 is 11.6 Å². The molecule has 0 aliphatic heterocycles. The van der Waals surface area contributed by atoms with E-state index < -0.39 is 38.6 Å². The van der Waals surface area contributed by atoms with Crippen molar-refractivity contribution in [3.05, 3.63) is 53.1 Å². The molecule has 0 aromatic heterocycles. The zero-order valence-electron chi connectivity index (χ0n) is 15.8. The van der Waals surface area contributed by atoms with Crippen LogP contribution in [0.5, 0.6) is 5.75 Å². The first-order chi connectivity index (χ1) is 14.1. The van der Waals surface area contributed by atoms with Crippen molar-refractivity contribution < 1.29 is 27.7 Å². The van der Waals surface area contributed by atoms with Gasteiger partial charge in [-0.05, 0) is 30.5 Å². The van der Waals surface area contributed by atoms with E-state index in [0.29, 0.717) is 13.0 Å². The summed E-state index contributed by atoms with van der Waals surface area (Å²) in [5, 5.41) is 14.8. The molecule has 6 N–H and O–H groups in total. The van der Waals surface area contributed by atoms with Gasteiger partial charge in [-0.15, -0.1) is 0 Å². The van der Waals surface area contributed by atoms with Crippen molar-refractivity contribution in [3.8, 4) is 5.75 Å². The van der Waals surface area contributed by atoms with Gasteiger partial charge in [-0.25, -0.2) is 0 Å². The lowest BCUT2D eigenvalue weighted by atomic mass is 10.1. The molecule has 0 aliphatic carbocycles. The van der Waals surface area contributed by atoms with Crippen LogP contribution in [-0.2, 0) is 26.1 Å². The number of rotatable bonds is 9. The molecule has 0 unspecified atom stereocenters. The Morgan fingerprint density at radius 1 is 1.17 bits per heavy atom. The minimum Gasteiger partial charge on any atom is -0.504 e. The van der Waals surface area contributed by atoms with Gasteiger partial charge >= 0.3 is 0 Å². The van der Waals surface area contributed by atoms with Gasteiger partial charge in [-0.3, -0.25) is 14.1 Å². The monoisotopic (exact) mass is 455 g/mol. The van der Waals surface area contributed by atoms with Crippen LogP contribution in [0.3, 0.4) is 0 Å². The number of anilines is 1. The lowest BCUT2D eigenvalue weighted by Crippen LogP contribution is -2.41. The Bertz CT molecular complexity index is 1010. The van der Waals surface area contributed by atoms with E-state index in [0.717, 1.165) is 17.7 Å². The lowest BCUT2D eigenvalue weighted by molar-refractivity contribution is -0.122. The molecule has 162 valence electrons. The third-order valence-corrected chi connectivity index (χ3v) is 5.25. The maximum atomic E-state index is 12.1. The highest BCUT2D eigenvalue weighted by Gasteiger charge is 2.21. The van der Waals surface area contributed by atoms with Crippen LogP contribution < -0.4 is 16.4 Å². The van der Waals surface area contributed by atoms with Gasteiger partial charge in [0.15, 0.2) is 5.75 Å². The first-order valence-electron chi connectivity index (χ1n) is 8.95. The molecular weight excluding hydrogens is 434 g/mol. The maximum absolute atomic E-state index is 12.1. The molecule has 2 aromatic rings. The molecule has 0 radical (unpaired) electrons. The largest absolute Gasteiger partial charge is 0.504 e. The number of amides is 2. The van der Waals surface area contributed by atoms with Crippen molar-refractivity contribution in [2.24, 2.45) is 5.73 Å². The van der Waals surface area contributed by atoms with Crippen LogP contribution in [0.1, 0.15) is 18.4 Å². The summed E-state index contributed by atoms with van der Waals surface area (Å²) in [7, 11) is -4.74. The predicted octanol–water partition coefficient (Wildman–Crippen LogP) is 1.70. The van der Waals surface area contributed by atoms with Crippen molar-refractivity contribution in [2.75, 3.05) is 11.9 Å². The summed E-state index contributed by atoms with van der Waals surface area (Å²) in [5.74, 6) is -1.88. The van der Waals surface area contributed by atoms with E-state index in [1.165, 1.54) is 0 Å². The molecule has 0 saturated carbocycles. The quantitative estimate of drug-likeness (QED) is 0.284.